The maximum absolute atomic E-state index is 5.95. The molecule has 82 valence electrons. The minimum atomic E-state index is 0.661. The Morgan fingerprint density at radius 2 is 2.27 bits per heavy atom. The molecule has 1 aliphatic carbocycles. The average molecular weight is 204 g/mol. The molecule has 0 aliphatic heterocycles. The molecule has 0 heterocycles. The van der Waals surface area contributed by atoms with Gasteiger partial charge in [-0.25, -0.2) is 0 Å². The van der Waals surface area contributed by atoms with Crippen LogP contribution in [0.1, 0.15) is 31.7 Å². The first-order valence-corrected chi connectivity index (χ1v) is 5.84. The second-order valence-corrected chi connectivity index (χ2v) is 4.57. The first-order chi connectivity index (χ1) is 7.22. The summed E-state index contributed by atoms with van der Waals surface area (Å²) in [7, 11) is 0. The van der Waals surface area contributed by atoms with Gasteiger partial charge in [0.25, 0.3) is 0 Å². The lowest BCUT2D eigenvalue weighted by Gasteiger charge is -2.11. The molecule has 0 aromatic heterocycles. The zero-order chi connectivity index (χ0) is 10.8. The van der Waals surface area contributed by atoms with Gasteiger partial charge in [0.1, 0.15) is 0 Å². The normalized spacial score (nSPS) is 23.9. The predicted octanol–water partition coefficient (Wildman–Crippen LogP) is 3.18. The molecule has 0 saturated heterocycles. The van der Waals surface area contributed by atoms with Gasteiger partial charge in [0.05, 0.1) is 11.4 Å². The van der Waals surface area contributed by atoms with Gasteiger partial charge in [-0.05, 0) is 37.3 Å². The molecule has 2 unspecified atom stereocenters. The molecule has 1 fully saturated rings. The Bertz CT molecular complexity index is 326. The van der Waals surface area contributed by atoms with Gasteiger partial charge < -0.3 is 11.1 Å². The Labute approximate surface area is 91.9 Å². The van der Waals surface area contributed by atoms with Gasteiger partial charge in [-0.3, -0.25) is 0 Å². The molecule has 2 heteroatoms. The molecule has 1 aromatic carbocycles. The Hall–Kier alpha value is -1.18. The summed E-state index contributed by atoms with van der Waals surface area (Å²) in [5, 5.41) is 3.56. The van der Waals surface area contributed by atoms with Gasteiger partial charge in [0.2, 0.25) is 0 Å². The van der Waals surface area contributed by atoms with E-state index in [0.717, 1.165) is 17.3 Å². The maximum atomic E-state index is 5.95. The van der Waals surface area contributed by atoms with E-state index in [1.807, 2.05) is 12.1 Å². The summed E-state index contributed by atoms with van der Waals surface area (Å²) in [6, 6.07) is 6.74. The minimum Gasteiger partial charge on any atom is -0.397 e. The van der Waals surface area contributed by atoms with Crippen LogP contribution in [0.2, 0.25) is 0 Å². The van der Waals surface area contributed by atoms with Crippen LogP contribution in [-0.2, 0) is 0 Å². The van der Waals surface area contributed by atoms with E-state index >= 15 is 0 Å². The van der Waals surface area contributed by atoms with Gasteiger partial charge in [-0.1, -0.05) is 25.5 Å². The summed E-state index contributed by atoms with van der Waals surface area (Å²) >= 11 is 0. The molecular formula is C13H20N2. The molecule has 0 amide bonds. The number of nitrogens with one attached hydrogen (secondary N) is 1. The molecule has 2 nitrogen and oxygen atoms in total. The van der Waals surface area contributed by atoms with Gasteiger partial charge in [-0.15, -0.1) is 0 Å². The molecule has 3 N–H and O–H groups in total. The van der Waals surface area contributed by atoms with Crippen molar-refractivity contribution in [3.63, 3.8) is 0 Å². The zero-order valence-electron chi connectivity index (χ0n) is 9.59. The molecule has 0 spiro atoms. The van der Waals surface area contributed by atoms with E-state index in [9.17, 15) is 0 Å². The van der Waals surface area contributed by atoms with Crippen LogP contribution in [0.5, 0.6) is 0 Å². The van der Waals surface area contributed by atoms with Crippen molar-refractivity contribution in [2.75, 3.05) is 11.1 Å². The van der Waals surface area contributed by atoms with Crippen LogP contribution < -0.4 is 11.1 Å². The summed E-state index contributed by atoms with van der Waals surface area (Å²) < 4.78 is 0. The van der Waals surface area contributed by atoms with Crippen LogP contribution in [0.25, 0.3) is 0 Å². The lowest BCUT2D eigenvalue weighted by molar-refractivity contribution is 0.693. The van der Waals surface area contributed by atoms with Crippen molar-refractivity contribution in [3.8, 4) is 0 Å². The van der Waals surface area contributed by atoms with E-state index < -0.39 is 0 Å². The number of para-hydroxylation sites is 1. The highest BCUT2D eigenvalue weighted by molar-refractivity contribution is 5.70. The molecule has 1 aromatic rings. The SMILES string of the molecule is CCCC1CC1Nc1c(C)cccc1N. The Kier molecular flexibility index (Phi) is 2.85. The van der Waals surface area contributed by atoms with Gasteiger partial charge in [0, 0.05) is 6.04 Å². The number of nitrogens with two attached hydrogens (primary N) is 1. The monoisotopic (exact) mass is 204 g/mol. The number of rotatable bonds is 4. The molecular weight excluding hydrogens is 184 g/mol. The number of benzene rings is 1. The van der Waals surface area contributed by atoms with Crippen molar-refractivity contribution in [1.82, 2.24) is 0 Å². The summed E-state index contributed by atoms with van der Waals surface area (Å²) in [4.78, 5) is 0. The van der Waals surface area contributed by atoms with Crippen molar-refractivity contribution in [3.05, 3.63) is 23.8 Å². The Morgan fingerprint density at radius 3 is 2.93 bits per heavy atom. The lowest BCUT2D eigenvalue weighted by Crippen LogP contribution is -2.08. The van der Waals surface area contributed by atoms with Crippen molar-refractivity contribution >= 4 is 11.4 Å². The minimum absolute atomic E-state index is 0.661. The first-order valence-electron chi connectivity index (χ1n) is 5.84. The van der Waals surface area contributed by atoms with Crippen LogP contribution in [0, 0.1) is 12.8 Å². The molecule has 2 rings (SSSR count). The molecule has 15 heavy (non-hydrogen) atoms. The molecule has 0 bridgehead atoms. The zero-order valence-corrected chi connectivity index (χ0v) is 9.59. The summed E-state index contributed by atoms with van der Waals surface area (Å²) in [6.45, 7) is 4.35. The van der Waals surface area contributed by atoms with Crippen molar-refractivity contribution < 1.29 is 0 Å². The number of hydrogen-bond acceptors (Lipinski definition) is 2. The highest BCUT2D eigenvalue weighted by Crippen LogP contribution is 2.39. The van der Waals surface area contributed by atoms with Crippen LogP contribution in [0.4, 0.5) is 11.4 Å². The number of aryl methyl sites for hydroxylation is 1. The fraction of sp³-hybridized carbons (Fsp3) is 0.538. The highest BCUT2D eigenvalue weighted by atomic mass is 15.0. The van der Waals surface area contributed by atoms with Crippen LogP contribution in [0.3, 0.4) is 0 Å². The quantitative estimate of drug-likeness (QED) is 0.739. The standard InChI is InChI=1S/C13H20N2/c1-3-5-10-8-12(10)15-13-9(2)6-4-7-11(13)14/h4,6-7,10,12,15H,3,5,8,14H2,1-2H3. The van der Waals surface area contributed by atoms with E-state index in [0.29, 0.717) is 6.04 Å². The van der Waals surface area contributed by atoms with E-state index in [1.54, 1.807) is 0 Å². The van der Waals surface area contributed by atoms with Crippen LogP contribution >= 0.6 is 0 Å². The highest BCUT2D eigenvalue weighted by Gasteiger charge is 2.36. The molecule has 0 radical (unpaired) electrons. The summed E-state index contributed by atoms with van der Waals surface area (Å²) in [6.07, 6.45) is 3.93. The van der Waals surface area contributed by atoms with Crippen molar-refractivity contribution in [2.45, 2.75) is 39.2 Å². The van der Waals surface area contributed by atoms with E-state index in [4.69, 9.17) is 5.73 Å². The number of hydrogen-bond donors (Lipinski definition) is 2. The summed E-state index contributed by atoms with van der Waals surface area (Å²) in [5.74, 6) is 0.869. The van der Waals surface area contributed by atoms with Gasteiger partial charge >= 0.3 is 0 Å². The lowest BCUT2D eigenvalue weighted by atomic mass is 10.1. The van der Waals surface area contributed by atoms with Gasteiger partial charge in [-0.2, -0.15) is 0 Å². The van der Waals surface area contributed by atoms with Crippen LogP contribution in [0.15, 0.2) is 18.2 Å². The van der Waals surface area contributed by atoms with Crippen LogP contribution in [-0.4, -0.2) is 6.04 Å². The van der Waals surface area contributed by atoms with Gasteiger partial charge in [0.15, 0.2) is 0 Å². The third-order valence-corrected chi connectivity index (χ3v) is 3.22. The Balaban J connectivity index is 2.00. The second-order valence-electron chi connectivity index (χ2n) is 4.57. The van der Waals surface area contributed by atoms with E-state index in [1.165, 1.54) is 24.8 Å². The fourth-order valence-corrected chi connectivity index (χ4v) is 2.19. The predicted molar refractivity (Wildman–Crippen MR) is 66.0 cm³/mol. The average Bonchev–Trinajstić information content (AvgIpc) is 2.91. The largest absolute Gasteiger partial charge is 0.397 e. The first kappa shape index (κ1) is 10.3. The molecule has 1 saturated carbocycles. The molecule has 1 aliphatic rings. The number of anilines is 2. The smallest absolute Gasteiger partial charge is 0.0605 e. The van der Waals surface area contributed by atoms with E-state index in [2.05, 4.69) is 25.2 Å². The third-order valence-electron chi connectivity index (χ3n) is 3.22. The van der Waals surface area contributed by atoms with Crippen molar-refractivity contribution in [2.24, 2.45) is 5.92 Å². The maximum Gasteiger partial charge on any atom is 0.0605 e. The summed E-state index contributed by atoms with van der Waals surface area (Å²) in [5.41, 5.74) is 9.21. The second kappa shape index (κ2) is 4.13. The van der Waals surface area contributed by atoms with E-state index in [-0.39, 0.29) is 0 Å². The third kappa shape index (κ3) is 2.25. The molecule has 2 atom stereocenters. The number of nitrogen functional groups attached to an aromatic ring is 1. The van der Waals surface area contributed by atoms with Crippen molar-refractivity contribution in [1.29, 1.82) is 0 Å². The Morgan fingerprint density at radius 1 is 1.47 bits per heavy atom. The fourth-order valence-electron chi connectivity index (χ4n) is 2.19. The topological polar surface area (TPSA) is 38.0 Å².